The molecule has 0 aromatic carbocycles. The minimum atomic E-state index is -1.29. The van der Waals surface area contributed by atoms with Crippen LogP contribution in [0.5, 0.6) is 0 Å². The van der Waals surface area contributed by atoms with Crippen molar-refractivity contribution in [3.63, 3.8) is 0 Å². The highest BCUT2D eigenvalue weighted by Crippen LogP contribution is 2.10. The number of unbranched alkanes of at least 4 members (excludes halogenated alkanes) is 1. The van der Waals surface area contributed by atoms with Gasteiger partial charge >= 0.3 is 5.97 Å². The summed E-state index contributed by atoms with van der Waals surface area (Å²) in [6.07, 6.45) is 1.19. The molecule has 0 radical (unpaired) electrons. The zero-order valence-corrected chi connectivity index (χ0v) is 22.3. The number of amides is 5. The highest BCUT2D eigenvalue weighted by molar-refractivity contribution is 5.94. The number of rotatable bonds is 20. The standard InChI is InChI=1S/C24H42N6O8/c1-4-14(2)21(27-15(3)32)24(38)30-17(7-5-6-12-25)23(37)29-18(9-10-19(26)33)22(36)28-16(13-31)8-11-20(34)35/h13-14,16-18,21H,4-12,25H2,1-3H3,(H2,26,33)(H,27,32)(H,28,36)(H,29,37)(H,30,38)(H,34,35)/t14-,16-,17-,18-,21-/m0/s1. The van der Waals surface area contributed by atoms with Gasteiger partial charge < -0.3 is 42.6 Å². The van der Waals surface area contributed by atoms with Gasteiger partial charge in [-0.1, -0.05) is 20.3 Å². The van der Waals surface area contributed by atoms with Gasteiger partial charge in [-0.15, -0.1) is 0 Å². The molecule has 0 aliphatic rings. The van der Waals surface area contributed by atoms with Crippen LogP contribution in [-0.2, 0) is 33.6 Å². The molecule has 0 fully saturated rings. The van der Waals surface area contributed by atoms with Crippen LogP contribution >= 0.6 is 0 Å². The molecule has 5 amide bonds. The average Bonchev–Trinajstić information content (AvgIpc) is 2.85. The third kappa shape index (κ3) is 14.3. The number of carbonyl (C=O) groups is 7. The second-order valence-corrected chi connectivity index (χ2v) is 9.16. The van der Waals surface area contributed by atoms with Gasteiger partial charge in [-0.2, -0.15) is 0 Å². The predicted octanol–water partition coefficient (Wildman–Crippen LogP) is -1.55. The Labute approximate surface area is 222 Å². The number of carboxylic acids is 1. The number of carbonyl (C=O) groups excluding carboxylic acids is 6. The Morgan fingerprint density at radius 3 is 1.92 bits per heavy atom. The maximum absolute atomic E-state index is 13.2. The van der Waals surface area contributed by atoms with Crippen LogP contribution < -0.4 is 32.7 Å². The summed E-state index contributed by atoms with van der Waals surface area (Å²) < 4.78 is 0. The van der Waals surface area contributed by atoms with E-state index in [0.29, 0.717) is 32.1 Å². The van der Waals surface area contributed by atoms with E-state index in [4.69, 9.17) is 16.6 Å². The third-order valence-corrected chi connectivity index (χ3v) is 5.91. The van der Waals surface area contributed by atoms with Gasteiger partial charge in [0.05, 0.1) is 6.04 Å². The summed E-state index contributed by atoms with van der Waals surface area (Å²) in [5.74, 6) is -4.64. The quantitative estimate of drug-likeness (QED) is 0.0694. The minimum absolute atomic E-state index is 0.168. The second-order valence-electron chi connectivity index (χ2n) is 9.16. The van der Waals surface area contributed by atoms with Crippen molar-refractivity contribution < 1.29 is 38.7 Å². The van der Waals surface area contributed by atoms with Crippen molar-refractivity contribution in [3.05, 3.63) is 0 Å². The summed E-state index contributed by atoms with van der Waals surface area (Å²) in [6.45, 7) is 5.26. The molecule has 38 heavy (non-hydrogen) atoms. The second kappa shape index (κ2) is 18.7. The number of aliphatic carboxylic acids is 1. The maximum Gasteiger partial charge on any atom is 0.303 e. The molecule has 0 aromatic heterocycles. The largest absolute Gasteiger partial charge is 0.481 e. The van der Waals surface area contributed by atoms with E-state index in [9.17, 15) is 33.6 Å². The molecule has 0 aromatic rings. The number of hydrogen-bond donors (Lipinski definition) is 7. The van der Waals surface area contributed by atoms with Gasteiger partial charge in [0.25, 0.3) is 0 Å². The van der Waals surface area contributed by atoms with E-state index in [2.05, 4.69) is 21.3 Å². The zero-order valence-electron chi connectivity index (χ0n) is 22.3. The smallest absolute Gasteiger partial charge is 0.303 e. The molecule has 0 rings (SSSR count). The molecule has 0 spiro atoms. The lowest BCUT2D eigenvalue weighted by atomic mass is 9.97. The van der Waals surface area contributed by atoms with Crippen molar-refractivity contribution in [3.8, 4) is 0 Å². The van der Waals surface area contributed by atoms with Gasteiger partial charge in [-0.3, -0.25) is 28.8 Å². The topological polar surface area (TPSA) is 240 Å². The SMILES string of the molecule is CC[C@H](C)[C@H](NC(C)=O)C(=O)N[C@@H](CCCCN)C(=O)N[C@@H](CCC(N)=O)C(=O)N[C@H](C=O)CCC(=O)O. The average molecular weight is 543 g/mol. The molecule has 216 valence electrons. The molecular weight excluding hydrogens is 500 g/mol. The molecule has 14 nitrogen and oxygen atoms in total. The monoisotopic (exact) mass is 542 g/mol. The Kier molecular flexibility index (Phi) is 16.9. The van der Waals surface area contributed by atoms with Crippen molar-refractivity contribution >= 4 is 41.8 Å². The number of primary amides is 1. The minimum Gasteiger partial charge on any atom is -0.481 e. The molecule has 14 heteroatoms. The summed E-state index contributed by atoms with van der Waals surface area (Å²) in [5.41, 5.74) is 10.7. The van der Waals surface area contributed by atoms with Crippen molar-refractivity contribution in [2.45, 2.75) is 96.3 Å². The molecule has 0 saturated heterocycles. The highest BCUT2D eigenvalue weighted by Gasteiger charge is 2.31. The lowest BCUT2D eigenvalue weighted by Crippen LogP contribution is -2.58. The van der Waals surface area contributed by atoms with Crippen molar-refractivity contribution in [2.24, 2.45) is 17.4 Å². The van der Waals surface area contributed by atoms with Crippen LogP contribution in [0.4, 0.5) is 0 Å². The summed E-state index contributed by atoms with van der Waals surface area (Å²) in [6, 6.07) is -4.40. The van der Waals surface area contributed by atoms with E-state index in [1.54, 1.807) is 6.92 Å². The summed E-state index contributed by atoms with van der Waals surface area (Å²) >= 11 is 0. The molecule has 0 saturated carbocycles. The number of hydrogen-bond acceptors (Lipinski definition) is 8. The lowest BCUT2D eigenvalue weighted by Gasteiger charge is -2.27. The Balaban J connectivity index is 5.75. The van der Waals surface area contributed by atoms with E-state index < -0.39 is 59.7 Å². The molecular formula is C24H42N6O8. The number of carboxylic acid groups (broad SMARTS) is 1. The fraction of sp³-hybridized carbons (Fsp3) is 0.708. The lowest BCUT2D eigenvalue weighted by molar-refractivity contribution is -0.137. The molecule has 0 aliphatic heterocycles. The van der Waals surface area contributed by atoms with Gasteiger partial charge in [0, 0.05) is 19.8 Å². The van der Waals surface area contributed by atoms with Crippen LogP contribution in [0.15, 0.2) is 0 Å². The molecule has 5 atom stereocenters. The Morgan fingerprint density at radius 1 is 0.842 bits per heavy atom. The first-order valence-electron chi connectivity index (χ1n) is 12.7. The maximum atomic E-state index is 13.2. The van der Waals surface area contributed by atoms with Crippen LogP contribution in [-0.4, -0.2) is 77.6 Å². The van der Waals surface area contributed by atoms with Gasteiger partial charge in [-0.05, 0) is 44.6 Å². The van der Waals surface area contributed by atoms with Crippen LogP contribution in [0.3, 0.4) is 0 Å². The summed E-state index contributed by atoms with van der Waals surface area (Å²) in [4.78, 5) is 84.1. The van der Waals surface area contributed by atoms with Crippen molar-refractivity contribution in [2.75, 3.05) is 6.54 Å². The van der Waals surface area contributed by atoms with E-state index in [1.165, 1.54) is 6.92 Å². The fourth-order valence-electron chi connectivity index (χ4n) is 3.51. The number of nitrogens with two attached hydrogens (primary N) is 2. The first kappa shape index (κ1) is 34.5. The van der Waals surface area contributed by atoms with E-state index in [-0.39, 0.29) is 38.0 Å². The number of nitrogens with one attached hydrogen (secondary N) is 4. The molecule has 0 unspecified atom stereocenters. The number of aldehydes is 1. The predicted molar refractivity (Wildman–Crippen MR) is 137 cm³/mol. The molecule has 0 aliphatic carbocycles. The van der Waals surface area contributed by atoms with Gasteiger partial charge in [-0.25, -0.2) is 0 Å². The summed E-state index contributed by atoms with van der Waals surface area (Å²) in [5, 5.41) is 18.9. The van der Waals surface area contributed by atoms with Gasteiger partial charge in [0.15, 0.2) is 0 Å². The Hall–Kier alpha value is -3.55. The van der Waals surface area contributed by atoms with E-state index >= 15 is 0 Å². The molecule has 0 heterocycles. The Morgan fingerprint density at radius 2 is 1.42 bits per heavy atom. The van der Waals surface area contributed by atoms with E-state index in [1.807, 2.05) is 6.92 Å². The zero-order chi connectivity index (χ0) is 29.3. The van der Waals surface area contributed by atoms with E-state index in [0.717, 1.165) is 0 Å². The summed E-state index contributed by atoms with van der Waals surface area (Å²) in [7, 11) is 0. The molecule has 0 bridgehead atoms. The first-order chi connectivity index (χ1) is 17.9. The Bertz CT molecular complexity index is 837. The molecule has 9 N–H and O–H groups in total. The van der Waals surface area contributed by atoms with Crippen molar-refractivity contribution in [1.82, 2.24) is 21.3 Å². The van der Waals surface area contributed by atoms with Gasteiger partial charge in [0.2, 0.25) is 29.5 Å². The van der Waals surface area contributed by atoms with Gasteiger partial charge in [0.1, 0.15) is 24.4 Å². The van der Waals surface area contributed by atoms with Crippen LogP contribution in [0.1, 0.15) is 72.1 Å². The van der Waals surface area contributed by atoms with Crippen LogP contribution in [0.25, 0.3) is 0 Å². The fourth-order valence-corrected chi connectivity index (χ4v) is 3.51. The first-order valence-corrected chi connectivity index (χ1v) is 12.7. The third-order valence-electron chi connectivity index (χ3n) is 5.91. The van der Waals surface area contributed by atoms with Crippen LogP contribution in [0, 0.1) is 5.92 Å². The van der Waals surface area contributed by atoms with Crippen molar-refractivity contribution in [1.29, 1.82) is 0 Å². The normalized spacial score (nSPS) is 14.6. The van der Waals surface area contributed by atoms with Crippen LogP contribution in [0.2, 0.25) is 0 Å². The highest BCUT2D eigenvalue weighted by atomic mass is 16.4.